The van der Waals surface area contributed by atoms with Gasteiger partial charge in [-0.1, -0.05) is 18.2 Å². The predicted molar refractivity (Wildman–Crippen MR) is 139 cm³/mol. The van der Waals surface area contributed by atoms with E-state index in [0.717, 1.165) is 50.2 Å². The number of ether oxygens (including phenoxy) is 2. The summed E-state index contributed by atoms with van der Waals surface area (Å²) in [5.41, 5.74) is 1.21. The summed E-state index contributed by atoms with van der Waals surface area (Å²) in [5, 5.41) is 8.65. The number of nitrogens with zero attached hydrogens (tertiary/aromatic N) is 1. The van der Waals surface area contributed by atoms with Gasteiger partial charge in [0, 0.05) is 18.2 Å². The van der Waals surface area contributed by atoms with Gasteiger partial charge in [0.2, 0.25) is 5.91 Å². The molecule has 9 nitrogen and oxygen atoms in total. The molecule has 2 amide bonds. The van der Waals surface area contributed by atoms with Crippen molar-refractivity contribution in [1.82, 2.24) is 15.6 Å². The monoisotopic (exact) mass is 526 g/mol. The van der Waals surface area contributed by atoms with E-state index < -0.39 is 23.4 Å². The Bertz CT molecular complexity index is 1170. The molecule has 0 bridgehead atoms. The number of halogens is 1. The fraction of sp³-hybridized carbons (Fsp3) is 0.500. The molecule has 0 saturated heterocycles. The van der Waals surface area contributed by atoms with Crippen LogP contribution < -0.4 is 16.0 Å². The summed E-state index contributed by atoms with van der Waals surface area (Å²) in [6, 6.07) is 9.88. The lowest BCUT2D eigenvalue weighted by atomic mass is 9.72. The summed E-state index contributed by atoms with van der Waals surface area (Å²) in [5.74, 6) is -0.134. The Morgan fingerprint density at radius 3 is 2.76 bits per heavy atom. The number of alkyl carbamates (subject to hydrolysis) is 1. The minimum atomic E-state index is -1.53. The van der Waals surface area contributed by atoms with Crippen LogP contribution in [0.5, 0.6) is 0 Å². The second-order valence-electron chi connectivity index (χ2n) is 10.2. The second kappa shape index (κ2) is 12.2. The molecule has 1 aromatic heterocycles. The van der Waals surface area contributed by atoms with Crippen LogP contribution >= 0.6 is 0 Å². The minimum Gasteiger partial charge on any atom is -0.464 e. The molecule has 204 valence electrons. The zero-order valence-corrected chi connectivity index (χ0v) is 21.8. The topological polar surface area (TPSA) is 119 Å². The van der Waals surface area contributed by atoms with Gasteiger partial charge in [-0.2, -0.15) is 0 Å². The number of hydrogen-bond donors (Lipinski definition) is 3. The molecule has 2 aromatic rings. The van der Waals surface area contributed by atoms with E-state index in [1.807, 2.05) is 0 Å². The van der Waals surface area contributed by atoms with Crippen molar-refractivity contribution >= 4 is 23.8 Å². The molecule has 1 aliphatic heterocycles. The largest absolute Gasteiger partial charge is 0.464 e. The molecular formula is C28H35FN4O5. The van der Waals surface area contributed by atoms with Gasteiger partial charge in [0.25, 0.3) is 0 Å². The van der Waals surface area contributed by atoms with E-state index in [1.54, 1.807) is 13.0 Å². The summed E-state index contributed by atoms with van der Waals surface area (Å²) >= 11 is 0. The highest BCUT2D eigenvalue weighted by Crippen LogP contribution is 2.36. The number of fused-ring (bicyclic) bond motifs is 1. The van der Waals surface area contributed by atoms with E-state index in [-0.39, 0.29) is 31.6 Å². The number of carbonyl (C=O) groups is 3. The summed E-state index contributed by atoms with van der Waals surface area (Å²) in [7, 11) is 0. The molecule has 1 fully saturated rings. The second-order valence-corrected chi connectivity index (χ2v) is 10.2. The quantitative estimate of drug-likeness (QED) is 0.406. The van der Waals surface area contributed by atoms with Crippen LogP contribution in [0.15, 0.2) is 36.4 Å². The van der Waals surface area contributed by atoms with E-state index in [4.69, 9.17) is 14.5 Å². The van der Waals surface area contributed by atoms with Crippen molar-refractivity contribution in [3.63, 3.8) is 0 Å². The van der Waals surface area contributed by atoms with Crippen molar-refractivity contribution in [2.45, 2.75) is 58.1 Å². The molecule has 1 aliphatic carbocycles. The standard InChI is InChI=1S/C28H35FN4O5/c1-3-37-26(35)28(2,33-27(36)38-16-18-6-4-8-22(29)14-18)17-31-25(34)21-12-19(13-21)15-23-10-9-20-7-5-11-30-24(20)32-23/h4,6,8-10,14,19,21H,3,5,7,11-13,15-17H2,1-2H3,(H,30,32)(H,31,34)(H,33,36)/t19-,21-,28-/m1/s1. The molecule has 1 aromatic carbocycles. The highest BCUT2D eigenvalue weighted by molar-refractivity contribution is 5.87. The Morgan fingerprint density at radius 1 is 1.18 bits per heavy atom. The third-order valence-corrected chi connectivity index (χ3v) is 7.04. The van der Waals surface area contributed by atoms with Gasteiger partial charge in [0.05, 0.1) is 13.2 Å². The van der Waals surface area contributed by atoms with Crippen LogP contribution in [-0.2, 0) is 38.5 Å². The van der Waals surface area contributed by atoms with E-state index >= 15 is 0 Å². The first kappa shape index (κ1) is 27.3. The molecule has 0 spiro atoms. The summed E-state index contributed by atoms with van der Waals surface area (Å²) in [6.07, 6.45) is 3.57. The van der Waals surface area contributed by atoms with Gasteiger partial charge >= 0.3 is 12.1 Å². The summed E-state index contributed by atoms with van der Waals surface area (Å²) in [6.45, 7) is 3.85. The zero-order valence-electron chi connectivity index (χ0n) is 21.8. The van der Waals surface area contributed by atoms with Crippen LogP contribution in [0.2, 0.25) is 0 Å². The van der Waals surface area contributed by atoms with E-state index in [2.05, 4.69) is 28.1 Å². The molecule has 0 unspecified atom stereocenters. The van der Waals surface area contributed by atoms with E-state index in [9.17, 15) is 18.8 Å². The average molecular weight is 527 g/mol. The third kappa shape index (κ3) is 6.99. The van der Waals surface area contributed by atoms with Crippen LogP contribution in [-0.4, -0.2) is 48.2 Å². The van der Waals surface area contributed by atoms with Crippen LogP contribution in [0.3, 0.4) is 0 Å². The van der Waals surface area contributed by atoms with Gasteiger partial charge in [-0.15, -0.1) is 0 Å². The smallest absolute Gasteiger partial charge is 0.408 e. The number of aryl methyl sites for hydroxylation is 1. The molecule has 2 aliphatic rings. The van der Waals surface area contributed by atoms with E-state index in [1.165, 1.54) is 30.7 Å². The van der Waals surface area contributed by atoms with Crippen LogP contribution in [0, 0.1) is 17.7 Å². The first-order valence-corrected chi connectivity index (χ1v) is 13.1. The molecule has 1 atom stereocenters. The van der Waals surface area contributed by atoms with Crippen molar-refractivity contribution in [3.8, 4) is 0 Å². The normalized spacial score (nSPS) is 19.6. The minimum absolute atomic E-state index is 0.110. The lowest BCUT2D eigenvalue weighted by molar-refractivity contribution is -0.150. The van der Waals surface area contributed by atoms with Crippen LogP contribution in [0.4, 0.5) is 15.0 Å². The van der Waals surface area contributed by atoms with Crippen molar-refractivity contribution in [3.05, 3.63) is 59.0 Å². The molecule has 10 heteroatoms. The maximum absolute atomic E-state index is 13.4. The van der Waals surface area contributed by atoms with Gasteiger partial charge in [-0.25, -0.2) is 19.0 Å². The fourth-order valence-corrected chi connectivity index (χ4v) is 4.80. The zero-order chi connectivity index (χ0) is 27.1. The van der Waals surface area contributed by atoms with Gasteiger partial charge < -0.3 is 25.4 Å². The maximum Gasteiger partial charge on any atom is 0.408 e. The number of esters is 1. The summed E-state index contributed by atoms with van der Waals surface area (Å²) in [4.78, 5) is 42.6. The number of benzene rings is 1. The Morgan fingerprint density at radius 2 is 2.00 bits per heavy atom. The molecule has 4 rings (SSSR count). The molecule has 3 N–H and O–H groups in total. The third-order valence-electron chi connectivity index (χ3n) is 7.04. The molecule has 2 heterocycles. The number of carbonyl (C=O) groups excluding carboxylic acids is 3. The Labute approximate surface area is 221 Å². The van der Waals surface area contributed by atoms with Crippen LogP contribution in [0.1, 0.15) is 49.9 Å². The Balaban J connectivity index is 1.25. The highest BCUT2D eigenvalue weighted by Gasteiger charge is 2.40. The Hall–Kier alpha value is -3.69. The number of rotatable bonds is 10. The number of pyridine rings is 1. The predicted octanol–water partition coefficient (Wildman–Crippen LogP) is 3.51. The van der Waals surface area contributed by atoms with Crippen molar-refractivity contribution in [1.29, 1.82) is 0 Å². The average Bonchev–Trinajstić information content (AvgIpc) is 2.88. The number of anilines is 1. The van der Waals surface area contributed by atoms with E-state index in [0.29, 0.717) is 11.5 Å². The number of hydrogen-bond acceptors (Lipinski definition) is 7. The SMILES string of the molecule is CCOC(=O)[C@@](C)(CNC(=O)[C@H]1C[C@H](Cc2ccc3c(n2)NCCC3)C1)NC(=O)OCc1cccc(F)c1. The molecule has 1 saturated carbocycles. The van der Waals surface area contributed by atoms with Crippen molar-refractivity contribution < 1.29 is 28.2 Å². The van der Waals surface area contributed by atoms with Gasteiger partial charge in [-0.3, -0.25) is 4.79 Å². The molecular weight excluding hydrogens is 491 g/mol. The number of nitrogens with one attached hydrogen (secondary N) is 3. The Kier molecular flexibility index (Phi) is 8.81. The lowest BCUT2D eigenvalue weighted by Gasteiger charge is -2.35. The van der Waals surface area contributed by atoms with Crippen molar-refractivity contribution in [2.24, 2.45) is 11.8 Å². The molecule has 0 radical (unpaired) electrons. The van der Waals surface area contributed by atoms with Crippen LogP contribution in [0.25, 0.3) is 0 Å². The number of amides is 2. The van der Waals surface area contributed by atoms with Gasteiger partial charge in [0.15, 0.2) is 5.54 Å². The highest BCUT2D eigenvalue weighted by atomic mass is 19.1. The molecule has 38 heavy (non-hydrogen) atoms. The van der Waals surface area contributed by atoms with Gasteiger partial charge in [0.1, 0.15) is 18.2 Å². The fourth-order valence-electron chi connectivity index (χ4n) is 4.80. The first-order chi connectivity index (χ1) is 18.3. The lowest BCUT2D eigenvalue weighted by Crippen LogP contribution is -2.60. The van der Waals surface area contributed by atoms with Crippen molar-refractivity contribution in [2.75, 3.05) is 25.0 Å². The summed E-state index contributed by atoms with van der Waals surface area (Å²) < 4.78 is 23.6. The number of aromatic nitrogens is 1. The maximum atomic E-state index is 13.4. The first-order valence-electron chi connectivity index (χ1n) is 13.1. The van der Waals surface area contributed by atoms with Gasteiger partial charge in [-0.05, 0) is 81.2 Å².